The molecule has 0 saturated heterocycles. The Morgan fingerprint density at radius 3 is 2.30 bits per heavy atom. The van der Waals surface area contributed by atoms with Gasteiger partial charge in [-0.3, -0.25) is 4.79 Å². The lowest BCUT2D eigenvalue weighted by molar-refractivity contribution is -0.115. The standard InChI is InChI=1S/C16H26N2O2/c1-5-11(3)17-12(4)16(20)13-7-9-14(10-8-13)18-15(19)6-2/h7-12,16-17,20H,5-6H2,1-4H3,(H,18,19). The third-order valence-electron chi connectivity index (χ3n) is 3.49. The van der Waals surface area contributed by atoms with Crippen molar-refractivity contribution in [1.82, 2.24) is 5.32 Å². The molecule has 4 heteroatoms. The molecule has 1 aromatic rings. The van der Waals surface area contributed by atoms with Crippen LogP contribution in [0.25, 0.3) is 0 Å². The van der Waals surface area contributed by atoms with Crippen molar-refractivity contribution >= 4 is 11.6 Å². The minimum absolute atomic E-state index is 0.00916. The lowest BCUT2D eigenvalue weighted by Gasteiger charge is -2.24. The Bertz CT molecular complexity index is 417. The zero-order valence-electron chi connectivity index (χ0n) is 12.8. The number of aliphatic hydroxyl groups excluding tert-OH is 1. The van der Waals surface area contributed by atoms with Crippen LogP contribution in [-0.4, -0.2) is 23.1 Å². The van der Waals surface area contributed by atoms with E-state index in [9.17, 15) is 9.90 Å². The van der Waals surface area contributed by atoms with Crippen molar-refractivity contribution in [2.24, 2.45) is 0 Å². The van der Waals surface area contributed by atoms with Crippen LogP contribution in [0.5, 0.6) is 0 Å². The monoisotopic (exact) mass is 278 g/mol. The number of aliphatic hydroxyl groups is 1. The second-order valence-electron chi connectivity index (χ2n) is 5.23. The predicted octanol–water partition coefficient (Wildman–Crippen LogP) is 2.85. The molecule has 4 nitrogen and oxygen atoms in total. The molecule has 0 aliphatic heterocycles. The Morgan fingerprint density at radius 2 is 1.80 bits per heavy atom. The first-order valence-corrected chi connectivity index (χ1v) is 7.31. The van der Waals surface area contributed by atoms with E-state index in [4.69, 9.17) is 0 Å². The zero-order chi connectivity index (χ0) is 15.1. The first-order chi connectivity index (χ1) is 9.47. The van der Waals surface area contributed by atoms with Crippen molar-refractivity contribution in [2.75, 3.05) is 5.32 Å². The van der Waals surface area contributed by atoms with Crippen LogP contribution >= 0.6 is 0 Å². The van der Waals surface area contributed by atoms with Crippen LogP contribution in [0.3, 0.4) is 0 Å². The molecule has 20 heavy (non-hydrogen) atoms. The van der Waals surface area contributed by atoms with Crippen LogP contribution in [0.4, 0.5) is 5.69 Å². The van der Waals surface area contributed by atoms with Crippen LogP contribution in [0.2, 0.25) is 0 Å². The largest absolute Gasteiger partial charge is 0.387 e. The van der Waals surface area contributed by atoms with E-state index in [2.05, 4.69) is 24.5 Å². The van der Waals surface area contributed by atoms with E-state index in [1.807, 2.05) is 38.1 Å². The number of benzene rings is 1. The fourth-order valence-corrected chi connectivity index (χ4v) is 1.96. The number of rotatable bonds is 7. The van der Waals surface area contributed by atoms with Crippen LogP contribution in [0, 0.1) is 0 Å². The number of nitrogens with one attached hydrogen (secondary N) is 2. The molecule has 0 aliphatic carbocycles. The van der Waals surface area contributed by atoms with Gasteiger partial charge in [0.25, 0.3) is 0 Å². The van der Waals surface area contributed by atoms with Gasteiger partial charge in [0, 0.05) is 24.2 Å². The fourth-order valence-electron chi connectivity index (χ4n) is 1.96. The van der Waals surface area contributed by atoms with Gasteiger partial charge in [0.1, 0.15) is 0 Å². The first-order valence-electron chi connectivity index (χ1n) is 7.31. The minimum Gasteiger partial charge on any atom is -0.387 e. The van der Waals surface area contributed by atoms with Gasteiger partial charge in [-0.1, -0.05) is 26.0 Å². The van der Waals surface area contributed by atoms with Gasteiger partial charge in [-0.15, -0.1) is 0 Å². The summed E-state index contributed by atoms with van der Waals surface area (Å²) < 4.78 is 0. The van der Waals surface area contributed by atoms with Gasteiger partial charge in [-0.2, -0.15) is 0 Å². The van der Waals surface area contributed by atoms with Gasteiger partial charge in [-0.25, -0.2) is 0 Å². The summed E-state index contributed by atoms with van der Waals surface area (Å²) >= 11 is 0. The number of hydrogen-bond acceptors (Lipinski definition) is 3. The summed E-state index contributed by atoms with van der Waals surface area (Å²) in [5.74, 6) is -0.00916. The van der Waals surface area contributed by atoms with Crippen LogP contribution in [0.1, 0.15) is 52.2 Å². The van der Waals surface area contributed by atoms with Gasteiger partial charge in [-0.05, 0) is 38.0 Å². The summed E-state index contributed by atoms with van der Waals surface area (Å²) in [4.78, 5) is 11.3. The van der Waals surface area contributed by atoms with E-state index >= 15 is 0 Å². The van der Waals surface area contributed by atoms with Crippen LogP contribution in [-0.2, 0) is 4.79 Å². The number of anilines is 1. The molecule has 0 bridgehead atoms. The maximum Gasteiger partial charge on any atom is 0.224 e. The molecule has 0 radical (unpaired) electrons. The summed E-state index contributed by atoms with van der Waals surface area (Å²) in [6.07, 6.45) is 0.930. The van der Waals surface area contributed by atoms with Crippen LogP contribution < -0.4 is 10.6 Å². The fraction of sp³-hybridized carbons (Fsp3) is 0.562. The van der Waals surface area contributed by atoms with E-state index in [-0.39, 0.29) is 11.9 Å². The average Bonchev–Trinajstić information content (AvgIpc) is 2.46. The molecule has 112 valence electrons. The molecule has 3 unspecified atom stereocenters. The maximum atomic E-state index is 11.3. The van der Waals surface area contributed by atoms with Crippen LogP contribution in [0.15, 0.2) is 24.3 Å². The molecule has 3 N–H and O–H groups in total. The smallest absolute Gasteiger partial charge is 0.224 e. The van der Waals surface area contributed by atoms with Gasteiger partial charge in [0.2, 0.25) is 5.91 Å². The van der Waals surface area contributed by atoms with Gasteiger partial charge >= 0.3 is 0 Å². The predicted molar refractivity (Wildman–Crippen MR) is 82.7 cm³/mol. The molecule has 0 aliphatic rings. The molecule has 0 heterocycles. The van der Waals surface area contributed by atoms with Crippen molar-refractivity contribution < 1.29 is 9.90 Å². The molecule has 1 amide bonds. The molecule has 0 aromatic heterocycles. The van der Waals surface area contributed by atoms with Crippen molar-refractivity contribution in [1.29, 1.82) is 0 Å². The molecule has 1 aromatic carbocycles. The third kappa shape index (κ3) is 4.94. The topological polar surface area (TPSA) is 61.4 Å². The van der Waals surface area contributed by atoms with E-state index in [0.29, 0.717) is 12.5 Å². The van der Waals surface area contributed by atoms with E-state index in [1.165, 1.54) is 0 Å². The summed E-state index contributed by atoms with van der Waals surface area (Å²) in [7, 11) is 0. The highest BCUT2D eigenvalue weighted by molar-refractivity contribution is 5.90. The first kappa shape index (κ1) is 16.7. The number of carbonyl (C=O) groups is 1. The normalized spacial score (nSPS) is 15.4. The van der Waals surface area contributed by atoms with E-state index in [1.54, 1.807) is 0 Å². The molecular weight excluding hydrogens is 252 g/mol. The SMILES string of the molecule is CCC(=O)Nc1ccc(C(O)C(C)NC(C)CC)cc1. The quantitative estimate of drug-likeness (QED) is 0.718. The molecule has 3 atom stereocenters. The van der Waals surface area contributed by atoms with Crippen molar-refractivity contribution in [3.63, 3.8) is 0 Å². The number of carbonyl (C=O) groups excluding carboxylic acids is 1. The Balaban J connectivity index is 2.65. The Hall–Kier alpha value is -1.39. The lowest BCUT2D eigenvalue weighted by atomic mass is 10.0. The third-order valence-corrected chi connectivity index (χ3v) is 3.49. The minimum atomic E-state index is -0.556. The van der Waals surface area contributed by atoms with Crippen molar-refractivity contribution in [2.45, 2.75) is 58.7 Å². The van der Waals surface area contributed by atoms with Gasteiger partial charge in [0.15, 0.2) is 0 Å². The molecule has 0 spiro atoms. The Kier molecular flexibility index (Phi) is 6.68. The second-order valence-corrected chi connectivity index (χ2v) is 5.23. The summed E-state index contributed by atoms with van der Waals surface area (Å²) in [5.41, 5.74) is 1.61. The highest BCUT2D eigenvalue weighted by Gasteiger charge is 2.17. The molecule has 0 saturated carbocycles. The summed E-state index contributed by atoms with van der Waals surface area (Å²) in [5, 5.41) is 16.5. The van der Waals surface area contributed by atoms with E-state index < -0.39 is 6.10 Å². The van der Waals surface area contributed by atoms with E-state index in [0.717, 1.165) is 17.7 Å². The van der Waals surface area contributed by atoms with Crippen molar-refractivity contribution in [3.05, 3.63) is 29.8 Å². The highest BCUT2D eigenvalue weighted by Crippen LogP contribution is 2.20. The van der Waals surface area contributed by atoms with Gasteiger partial charge < -0.3 is 15.7 Å². The number of hydrogen-bond donors (Lipinski definition) is 3. The Morgan fingerprint density at radius 1 is 1.20 bits per heavy atom. The average molecular weight is 278 g/mol. The van der Waals surface area contributed by atoms with Gasteiger partial charge in [0.05, 0.1) is 6.10 Å². The lowest BCUT2D eigenvalue weighted by Crippen LogP contribution is -2.38. The molecular formula is C16H26N2O2. The van der Waals surface area contributed by atoms with Crippen molar-refractivity contribution in [3.8, 4) is 0 Å². The second kappa shape index (κ2) is 8.02. The highest BCUT2D eigenvalue weighted by atomic mass is 16.3. The maximum absolute atomic E-state index is 11.3. The zero-order valence-corrected chi connectivity index (χ0v) is 12.8. The molecule has 0 fully saturated rings. The Labute approximate surface area is 121 Å². The molecule has 1 rings (SSSR count). The summed E-state index contributed by atoms with van der Waals surface area (Å²) in [6.45, 7) is 8.01. The number of amides is 1. The summed E-state index contributed by atoms with van der Waals surface area (Å²) in [6, 6.07) is 7.71.